The molecule has 3 N–H and O–H groups in total. The van der Waals surface area contributed by atoms with Crippen molar-refractivity contribution in [1.82, 2.24) is 0 Å². The van der Waals surface area contributed by atoms with Crippen LogP contribution in [-0.2, 0) is 9.47 Å². The van der Waals surface area contributed by atoms with Crippen molar-refractivity contribution >= 4 is 0 Å². The second-order valence-electron chi connectivity index (χ2n) is 6.97. The molecule has 0 unspecified atom stereocenters. The maximum absolute atomic E-state index is 9.84. The predicted octanol–water partition coefficient (Wildman–Crippen LogP) is 2.96. The lowest BCUT2D eigenvalue weighted by Crippen LogP contribution is -2.42. The molecule has 0 aromatic carbocycles. The van der Waals surface area contributed by atoms with Crippen LogP contribution >= 0.6 is 0 Å². The maximum Gasteiger partial charge on any atom is 0.114 e. The van der Waals surface area contributed by atoms with Gasteiger partial charge in [-0.1, -0.05) is 51.2 Å². The summed E-state index contributed by atoms with van der Waals surface area (Å²) in [6, 6.07) is 0. The average Bonchev–Trinajstić information content (AvgIpc) is 2.99. The molecule has 0 aromatic rings. The van der Waals surface area contributed by atoms with Gasteiger partial charge in [0.15, 0.2) is 0 Å². The molecule has 0 bridgehead atoms. The average molecular weight is 359 g/mol. The molecule has 1 heterocycles. The van der Waals surface area contributed by atoms with Gasteiger partial charge in [-0.2, -0.15) is 0 Å². The zero-order valence-electron chi connectivity index (χ0n) is 15.8. The zero-order chi connectivity index (χ0) is 18.3. The Labute approximate surface area is 153 Å². The Morgan fingerprint density at radius 1 is 1.04 bits per heavy atom. The molecule has 25 heavy (non-hydrogen) atoms. The van der Waals surface area contributed by atoms with Crippen molar-refractivity contribution in [3.05, 3.63) is 12.2 Å². The smallest absolute Gasteiger partial charge is 0.114 e. The van der Waals surface area contributed by atoms with Crippen LogP contribution in [0.25, 0.3) is 0 Å². The van der Waals surface area contributed by atoms with Gasteiger partial charge >= 0.3 is 0 Å². The van der Waals surface area contributed by atoms with Crippen molar-refractivity contribution in [3.8, 4) is 0 Å². The van der Waals surface area contributed by atoms with Gasteiger partial charge in [-0.3, -0.25) is 0 Å². The first-order chi connectivity index (χ1) is 12.2. The lowest BCUT2D eigenvalue weighted by atomic mass is 10.1. The van der Waals surface area contributed by atoms with E-state index in [4.69, 9.17) is 14.6 Å². The summed E-state index contributed by atoms with van der Waals surface area (Å²) in [5, 5.41) is 28.5. The summed E-state index contributed by atoms with van der Waals surface area (Å²) in [7, 11) is 0. The summed E-state index contributed by atoms with van der Waals surface area (Å²) < 4.78 is 11.0. The molecule has 1 aliphatic rings. The molecule has 1 saturated heterocycles. The van der Waals surface area contributed by atoms with Gasteiger partial charge in [-0.25, -0.2) is 0 Å². The number of hydrogen-bond acceptors (Lipinski definition) is 5. The lowest BCUT2D eigenvalue weighted by Gasteiger charge is -2.23. The van der Waals surface area contributed by atoms with E-state index in [0.29, 0.717) is 6.61 Å². The Morgan fingerprint density at radius 2 is 1.68 bits per heavy atom. The van der Waals surface area contributed by atoms with E-state index in [1.807, 2.05) is 0 Å². The van der Waals surface area contributed by atoms with Crippen LogP contribution in [0.5, 0.6) is 0 Å². The molecule has 0 radical (unpaired) electrons. The third-order valence-corrected chi connectivity index (χ3v) is 4.70. The normalized spacial score (nSPS) is 25.0. The monoisotopic (exact) mass is 358 g/mol. The van der Waals surface area contributed by atoms with Crippen molar-refractivity contribution in [2.75, 3.05) is 19.8 Å². The van der Waals surface area contributed by atoms with Crippen LogP contribution in [0.4, 0.5) is 0 Å². The Kier molecular flexibility index (Phi) is 13.3. The third-order valence-electron chi connectivity index (χ3n) is 4.70. The molecule has 1 aliphatic heterocycles. The molecule has 0 saturated carbocycles. The summed E-state index contributed by atoms with van der Waals surface area (Å²) in [6.07, 6.45) is 13.8. The number of allylic oxidation sites excluding steroid dienone is 2. The molecule has 0 spiro atoms. The molecule has 1 rings (SSSR count). The molecule has 0 aliphatic carbocycles. The van der Waals surface area contributed by atoms with Crippen LogP contribution in [-0.4, -0.2) is 59.6 Å². The SMILES string of the molecule is CCCCCCC/C=C/CCCCCO[C@H]1[C@@H]([C@@H](O)CO)OC[C@H]1O. The van der Waals surface area contributed by atoms with Crippen molar-refractivity contribution in [2.24, 2.45) is 0 Å². The van der Waals surface area contributed by atoms with Gasteiger partial charge in [0.2, 0.25) is 0 Å². The van der Waals surface area contributed by atoms with E-state index in [0.717, 1.165) is 25.7 Å². The molecule has 0 amide bonds. The predicted molar refractivity (Wildman–Crippen MR) is 99.6 cm³/mol. The molecule has 5 heteroatoms. The Balaban J connectivity index is 1.97. The van der Waals surface area contributed by atoms with Gasteiger partial charge in [0.1, 0.15) is 24.4 Å². The van der Waals surface area contributed by atoms with Gasteiger partial charge in [0.05, 0.1) is 13.2 Å². The van der Waals surface area contributed by atoms with E-state index < -0.39 is 24.4 Å². The largest absolute Gasteiger partial charge is 0.394 e. The number of hydrogen-bond donors (Lipinski definition) is 3. The van der Waals surface area contributed by atoms with Crippen molar-refractivity contribution in [2.45, 2.75) is 95.5 Å². The molecule has 1 fully saturated rings. The number of aliphatic hydroxyl groups excluding tert-OH is 3. The van der Waals surface area contributed by atoms with Gasteiger partial charge < -0.3 is 24.8 Å². The summed E-state index contributed by atoms with van der Waals surface area (Å²) in [5.41, 5.74) is 0. The van der Waals surface area contributed by atoms with Gasteiger partial charge in [-0.05, 0) is 32.1 Å². The maximum atomic E-state index is 9.84. The number of ether oxygens (including phenoxy) is 2. The number of rotatable bonds is 15. The van der Waals surface area contributed by atoms with E-state index >= 15 is 0 Å². The summed E-state index contributed by atoms with van der Waals surface area (Å²) in [4.78, 5) is 0. The molecule has 4 atom stereocenters. The summed E-state index contributed by atoms with van der Waals surface area (Å²) in [5.74, 6) is 0. The van der Waals surface area contributed by atoms with Gasteiger partial charge in [0, 0.05) is 6.61 Å². The van der Waals surface area contributed by atoms with Gasteiger partial charge in [-0.15, -0.1) is 0 Å². The Bertz CT molecular complexity index is 334. The second-order valence-corrected chi connectivity index (χ2v) is 6.97. The second kappa shape index (κ2) is 14.7. The van der Waals surface area contributed by atoms with E-state index in [9.17, 15) is 10.2 Å². The number of aliphatic hydroxyl groups is 3. The quantitative estimate of drug-likeness (QED) is 0.310. The standard InChI is InChI=1S/C20H38O5/c1-2-3-4-5-6-7-8-9-10-11-12-13-14-24-20-18(23)16-25-19(20)17(22)15-21/h8-9,17-23H,2-7,10-16H2,1H3/b9-8+/t17-,18+,19+,20+/m0/s1. The first-order valence-corrected chi connectivity index (χ1v) is 10.1. The van der Waals surface area contributed by atoms with E-state index in [-0.39, 0.29) is 13.2 Å². The van der Waals surface area contributed by atoms with Crippen LogP contribution in [0.1, 0.15) is 71.1 Å². The van der Waals surface area contributed by atoms with Crippen molar-refractivity contribution < 1.29 is 24.8 Å². The Hall–Kier alpha value is -0.460. The summed E-state index contributed by atoms with van der Waals surface area (Å²) >= 11 is 0. The molecular weight excluding hydrogens is 320 g/mol. The minimum Gasteiger partial charge on any atom is -0.394 e. The fourth-order valence-corrected chi connectivity index (χ4v) is 3.12. The first kappa shape index (κ1) is 22.6. The van der Waals surface area contributed by atoms with Crippen LogP contribution in [0, 0.1) is 0 Å². The number of unbranched alkanes of at least 4 members (excludes halogenated alkanes) is 8. The highest BCUT2D eigenvalue weighted by Crippen LogP contribution is 2.21. The minimum atomic E-state index is -1.01. The van der Waals surface area contributed by atoms with E-state index in [1.54, 1.807) is 0 Å². The highest BCUT2D eigenvalue weighted by Gasteiger charge is 2.40. The molecule has 148 valence electrons. The van der Waals surface area contributed by atoms with Crippen LogP contribution in [0.15, 0.2) is 12.2 Å². The third kappa shape index (κ3) is 9.71. The molecule has 5 nitrogen and oxygen atoms in total. The van der Waals surface area contributed by atoms with Crippen LogP contribution in [0.2, 0.25) is 0 Å². The minimum absolute atomic E-state index is 0.148. The van der Waals surface area contributed by atoms with E-state index in [1.165, 1.54) is 38.5 Å². The van der Waals surface area contributed by atoms with Crippen LogP contribution < -0.4 is 0 Å². The van der Waals surface area contributed by atoms with Gasteiger partial charge in [0.25, 0.3) is 0 Å². The fourth-order valence-electron chi connectivity index (χ4n) is 3.12. The summed E-state index contributed by atoms with van der Waals surface area (Å²) in [6.45, 7) is 2.55. The van der Waals surface area contributed by atoms with Crippen molar-refractivity contribution in [1.29, 1.82) is 0 Å². The Morgan fingerprint density at radius 3 is 2.32 bits per heavy atom. The highest BCUT2D eigenvalue weighted by molar-refractivity contribution is 4.89. The topological polar surface area (TPSA) is 79.2 Å². The zero-order valence-corrected chi connectivity index (χ0v) is 15.8. The van der Waals surface area contributed by atoms with E-state index in [2.05, 4.69) is 19.1 Å². The van der Waals surface area contributed by atoms with Crippen molar-refractivity contribution in [3.63, 3.8) is 0 Å². The highest BCUT2D eigenvalue weighted by atomic mass is 16.6. The first-order valence-electron chi connectivity index (χ1n) is 10.1. The lowest BCUT2D eigenvalue weighted by molar-refractivity contribution is -0.0937. The molecular formula is C20H38O5. The van der Waals surface area contributed by atoms with Crippen LogP contribution in [0.3, 0.4) is 0 Å². The molecule has 0 aromatic heterocycles. The fraction of sp³-hybridized carbons (Fsp3) is 0.900.